The average molecular weight is 286 g/mol. The number of aromatic nitrogens is 1. The van der Waals surface area contributed by atoms with Gasteiger partial charge >= 0.3 is 0 Å². The molecule has 2 N–H and O–H groups in total. The van der Waals surface area contributed by atoms with Crippen LogP contribution in [0.25, 0.3) is 0 Å². The third-order valence-electron chi connectivity index (χ3n) is 3.01. The summed E-state index contributed by atoms with van der Waals surface area (Å²) in [5, 5.41) is 13.6. The maximum Gasteiger partial charge on any atom is 0.258 e. The number of amides is 1. The molecule has 1 aromatic heterocycles. The van der Waals surface area contributed by atoms with E-state index in [1.165, 1.54) is 16.2 Å². The van der Waals surface area contributed by atoms with E-state index in [1.807, 2.05) is 0 Å². The van der Waals surface area contributed by atoms with Crippen molar-refractivity contribution in [1.29, 1.82) is 0 Å². The largest absolute Gasteiger partial charge is 0.380 e. The molecule has 0 atom stereocenters. The third-order valence-corrected chi connectivity index (χ3v) is 4.97. The number of hydrogen-bond acceptors (Lipinski definition) is 5. The fraction of sp³-hybridized carbons (Fsp3) is 0.667. The zero-order valence-electron chi connectivity index (χ0n) is 10.4. The van der Waals surface area contributed by atoms with Crippen LogP contribution in [0.4, 0.5) is 5.13 Å². The first-order valence-corrected chi connectivity index (χ1v) is 8.17. The number of aryl methyl sites for hydroxylation is 1. The predicted octanol–water partition coefficient (Wildman–Crippen LogP) is 2.29. The molecule has 1 aliphatic heterocycles. The summed E-state index contributed by atoms with van der Waals surface area (Å²) >= 11 is 3.27. The van der Waals surface area contributed by atoms with Gasteiger partial charge in [-0.3, -0.25) is 10.1 Å². The Morgan fingerprint density at radius 2 is 2.28 bits per heavy atom. The lowest BCUT2D eigenvalue weighted by Gasteiger charge is -2.29. The van der Waals surface area contributed by atoms with Crippen LogP contribution in [-0.2, 0) is 11.2 Å². The van der Waals surface area contributed by atoms with Gasteiger partial charge in [0.25, 0.3) is 5.91 Å². The van der Waals surface area contributed by atoms with Crippen molar-refractivity contribution in [2.24, 2.45) is 0 Å². The van der Waals surface area contributed by atoms with Crippen LogP contribution in [-0.4, -0.2) is 33.1 Å². The highest BCUT2D eigenvalue weighted by atomic mass is 32.2. The topological polar surface area (TPSA) is 62.2 Å². The van der Waals surface area contributed by atoms with Crippen molar-refractivity contribution in [2.45, 2.75) is 38.2 Å². The summed E-state index contributed by atoms with van der Waals surface area (Å²) < 4.78 is 0. The van der Waals surface area contributed by atoms with Crippen molar-refractivity contribution in [1.82, 2.24) is 4.98 Å². The first-order valence-electron chi connectivity index (χ1n) is 6.20. The maximum absolute atomic E-state index is 12.1. The van der Waals surface area contributed by atoms with E-state index >= 15 is 0 Å². The van der Waals surface area contributed by atoms with Crippen LogP contribution in [0.2, 0.25) is 0 Å². The summed E-state index contributed by atoms with van der Waals surface area (Å²) in [6.45, 7) is 2.11. The van der Waals surface area contributed by atoms with Gasteiger partial charge in [0.05, 0.1) is 0 Å². The van der Waals surface area contributed by atoms with Gasteiger partial charge in [-0.25, -0.2) is 4.98 Å². The normalized spacial score (nSPS) is 18.6. The molecule has 0 aromatic carbocycles. The first-order chi connectivity index (χ1) is 8.64. The van der Waals surface area contributed by atoms with Gasteiger partial charge in [0, 0.05) is 11.1 Å². The molecule has 0 radical (unpaired) electrons. The molecule has 0 bridgehead atoms. The number of nitrogens with one attached hydrogen (secondary N) is 1. The van der Waals surface area contributed by atoms with E-state index in [-0.39, 0.29) is 5.91 Å². The van der Waals surface area contributed by atoms with E-state index in [9.17, 15) is 9.90 Å². The van der Waals surface area contributed by atoms with Crippen molar-refractivity contribution in [3.8, 4) is 0 Å². The lowest BCUT2D eigenvalue weighted by atomic mass is 9.96. The highest BCUT2D eigenvalue weighted by molar-refractivity contribution is 7.99. The second-order valence-corrected chi connectivity index (χ2v) is 6.82. The van der Waals surface area contributed by atoms with Crippen LogP contribution in [0, 0.1) is 0 Å². The molecule has 0 spiro atoms. The highest BCUT2D eigenvalue weighted by Gasteiger charge is 2.37. The fourth-order valence-electron chi connectivity index (χ4n) is 1.88. The van der Waals surface area contributed by atoms with Gasteiger partial charge in [0.2, 0.25) is 0 Å². The Bertz CT molecular complexity index is 414. The first kappa shape index (κ1) is 13.8. The summed E-state index contributed by atoms with van der Waals surface area (Å²) in [7, 11) is 0. The third kappa shape index (κ3) is 3.24. The number of nitrogens with zero attached hydrogens (tertiary/aromatic N) is 1. The van der Waals surface area contributed by atoms with Crippen LogP contribution >= 0.6 is 23.1 Å². The molecule has 6 heteroatoms. The smallest absolute Gasteiger partial charge is 0.258 e. The number of carbonyl (C=O) groups excluding carboxylic acids is 1. The number of carbonyl (C=O) groups is 1. The van der Waals surface area contributed by atoms with E-state index in [0.717, 1.165) is 24.3 Å². The van der Waals surface area contributed by atoms with Crippen LogP contribution in [0.3, 0.4) is 0 Å². The van der Waals surface area contributed by atoms with E-state index in [0.29, 0.717) is 18.0 Å². The van der Waals surface area contributed by atoms with Gasteiger partial charge in [0.1, 0.15) is 5.60 Å². The molecular weight excluding hydrogens is 268 g/mol. The van der Waals surface area contributed by atoms with Crippen LogP contribution < -0.4 is 5.32 Å². The molecule has 1 fully saturated rings. The van der Waals surface area contributed by atoms with E-state index in [4.69, 9.17) is 0 Å². The van der Waals surface area contributed by atoms with E-state index < -0.39 is 5.60 Å². The minimum atomic E-state index is -1.21. The number of thiazole rings is 1. The van der Waals surface area contributed by atoms with Crippen molar-refractivity contribution >= 4 is 34.1 Å². The fourth-order valence-corrected chi connectivity index (χ4v) is 3.95. The minimum absolute atomic E-state index is 0.305. The lowest BCUT2D eigenvalue weighted by molar-refractivity contribution is -0.134. The Morgan fingerprint density at radius 1 is 1.56 bits per heavy atom. The molecule has 1 aromatic rings. The van der Waals surface area contributed by atoms with Crippen LogP contribution in [0.5, 0.6) is 0 Å². The molecule has 2 rings (SSSR count). The molecule has 1 aliphatic rings. The Hall–Kier alpha value is -0.590. The second kappa shape index (κ2) is 6.04. The summed E-state index contributed by atoms with van der Waals surface area (Å²) in [4.78, 5) is 17.4. The second-order valence-electron chi connectivity index (χ2n) is 4.48. The zero-order chi connectivity index (χ0) is 13.0. The molecule has 4 nitrogen and oxygen atoms in total. The van der Waals surface area contributed by atoms with Gasteiger partial charge in [-0.15, -0.1) is 11.3 Å². The standard InChI is InChI=1S/C12H18N2O2S2/c1-2-3-9-8-13-11(18-9)14-10(15)12(16)4-6-17-7-5-12/h8,16H,2-7H2,1H3,(H,13,14,15). The number of thioether (sulfide) groups is 1. The Kier molecular flexibility index (Phi) is 4.64. The summed E-state index contributed by atoms with van der Waals surface area (Å²) in [5.74, 6) is 1.37. The Balaban J connectivity index is 1.97. The molecule has 0 saturated carbocycles. The predicted molar refractivity (Wildman–Crippen MR) is 76.2 cm³/mol. The van der Waals surface area contributed by atoms with E-state index in [2.05, 4.69) is 17.2 Å². The monoisotopic (exact) mass is 286 g/mol. The lowest BCUT2D eigenvalue weighted by Crippen LogP contribution is -2.45. The van der Waals surface area contributed by atoms with Crippen LogP contribution in [0.15, 0.2) is 6.20 Å². The SMILES string of the molecule is CCCc1cnc(NC(=O)C2(O)CCSCC2)s1. The molecule has 18 heavy (non-hydrogen) atoms. The Morgan fingerprint density at radius 3 is 2.94 bits per heavy atom. The maximum atomic E-state index is 12.1. The number of hydrogen-bond donors (Lipinski definition) is 2. The van der Waals surface area contributed by atoms with E-state index in [1.54, 1.807) is 18.0 Å². The molecule has 1 saturated heterocycles. The summed E-state index contributed by atoms with van der Waals surface area (Å²) in [6, 6.07) is 0. The molecule has 2 heterocycles. The van der Waals surface area contributed by atoms with Gasteiger partial charge in [-0.2, -0.15) is 11.8 Å². The minimum Gasteiger partial charge on any atom is -0.380 e. The number of aliphatic hydroxyl groups is 1. The van der Waals surface area contributed by atoms with Crippen molar-refractivity contribution < 1.29 is 9.90 Å². The van der Waals surface area contributed by atoms with Gasteiger partial charge < -0.3 is 5.11 Å². The van der Waals surface area contributed by atoms with Crippen molar-refractivity contribution in [3.05, 3.63) is 11.1 Å². The number of anilines is 1. The quantitative estimate of drug-likeness (QED) is 0.891. The molecule has 100 valence electrons. The van der Waals surface area contributed by atoms with Crippen LogP contribution in [0.1, 0.15) is 31.1 Å². The van der Waals surface area contributed by atoms with Gasteiger partial charge in [-0.05, 0) is 30.8 Å². The zero-order valence-corrected chi connectivity index (χ0v) is 12.1. The van der Waals surface area contributed by atoms with Gasteiger partial charge in [-0.1, -0.05) is 13.3 Å². The molecule has 1 amide bonds. The average Bonchev–Trinajstić information content (AvgIpc) is 2.78. The van der Waals surface area contributed by atoms with Gasteiger partial charge in [0.15, 0.2) is 5.13 Å². The summed E-state index contributed by atoms with van der Waals surface area (Å²) in [5.41, 5.74) is -1.21. The Labute approximate surface area is 115 Å². The summed E-state index contributed by atoms with van der Waals surface area (Å²) in [6.07, 6.45) is 4.89. The molecule has 0 unspecified atom stereocenters. The number of rotatable bonds is 4. The highest BCUT2D eigenvalue weighted by Crippen LogP contribution is 2.29. The van der Waals surface area contributed by atoms with Crippen molar-refractivity contribution in [3.63, 3.8) is 0 Å². The van der Waals surface area contributed by atoms with Crippen molar-refractivity contribution in [2.75, 3.05) is 16.8 Å². The molecular formula is C12H18N2O2S2. The molecule has 0 aliphatic carbocycles.